The molecule has 9 heteroatoms. The summed E-state index contributed by atoms with van der Waals surface area (Å²) in [6.45, 7) is 11.6. The van der Waals surface area contributed by atoms with Crippen LogP contribution in [0.1, 0.15) is 52.5 Å². The molecule has 1 amide bonds. The molecule has 2 N–H and O–H groups in total. The van der Waals surface area contributed by atoms with E-state index in [0.717, 1.165) is 69.9 Å². The molecule has 1 aromatic rings. The van der Waals surface area contributed by atoms with Crippen LogP contribution >= 0.6 is 35.6 Å². The van der Waals surface area contributed by atoms with Gasteiger partial charge in [0.1, 0.15) is 10.8 Å². The molecular formula is C22H37ClIN5O2. The summed E-state index contributed by atoms with van der Waals surface area (Å²) in [4.78, 5) is 23.0. The fourth-order valence-corrected chi connectivity index (χ4v) is 3.49. The zero-order valence-corrected chi connectivity index (χ0v) is 22.2. The molecule has 1 aliphatic rings. The lowest BCUT2D eigenvalue weighted by molar-refractivity contribution is 0.0163. The van der Waals surface area contributed by atoms with E-state index in [9.17, 15) is 4.79 Å². The van der Waals surface area contributed by atoms with Gasteiger partial charge in [-0.3, -0.25) is 4.99 Å². The minimum absolute atomic E-state index is 0. The monoisotopic (exact) mass is 565 g/mol. The highest BCUT2D eigenvalue weighted by atomic mass is 127. The highest BCUT2D eigenvalue weighted by molar-refractivity contribution is 14.0. The molecule has 0 aliphatic carbocycles. The van der Waals surface area contributed by atoms with Crippen molar-refractivity contribution in [2.45, 2.75) is 59.0 Å². The number of carbonyl (C=O) groups is 1. The number of hydrogen-bond donors (Lipinski definition) is 2. The summed E-state index contributed by atoms with van der Waals surface area (Å²) in [6, 6.07) is 3.79. The molecule has 0 saturated carbocycles. The molecule has 0 spiro atoms. The summed E-state index contributed by atoms with van der Waals surface area (Å²) < 4.78 is 5.52. The Hall–Kier alpha value is -1.29. The van der Waals surface area contributed by atoms with E-state index in [-0.39, 0.29) is 30.1 Å². The first-order valence-corrected chi connectivity index (χ1v) is 11.2. The van der Waals surface area contributed by atoms with Crippen molar-refractivity contribution in [3.05, 3.63) is 29.0 Å². The van der Waals surface area contributed by atoms with Gasteiger partial charge in [-0.25, -0.2) is 9.78 Å². The third-order valence-electron chi connectivity index (χ3n) is 4.82. The van der Waals surface area contributed by atoms with Gasteiger partial charge in [0.15, 0.2) is 5.96 Å². The van der Waals surface area contributed by atoms with Crippen molar-refractivity contribution in [1.82, 2.24) is 20.5 Å². The van der Waals surface area contributed by atoms with Gasteiger partial charge in [-0.1, -0.05) is 17.7 Å². The lowest BCUT2D eigenvalue weighted by Gasteiger charge is -2.34. The van der Waals surface area contributed by atoms with Gasteiger partial charge in [0.2, 0.25) is 0 Å². The number of amides is 1. The molecule has 176 valence electrons. The van der Waals surface area contributed by atoms with Gasteiger partial charge in [-0.15, -0.1) is 24.0 Å². The second-order valence-electron chi connectivity index (χ2n) is 8.65. The van der Waals surface area contributed by atoms with Crippen LogP contribution in [0, 0.1) is 5.92 Å². The molecule has 2 rings (SSSR count). The molecule has 0 bridgehead atoms. The predicted octanol–water partition coefficient (Wildman–Crippen LogP) is 4.49. The summed E-state index contributed by atoms with van der Waals surface area (Å²) >= 11 is 5.83. The van der Waals surface area contributed by atoms with Crippen LogP contribution in [-0.2, 0) is 11.2 Å². The van der Waals surface area contributed by atoms with Crippen LogP contribution in [0.3, 0.4) is 0 Å². The predicted molar refractivity (Wildman–Crippen MR) is 137 cm³/mol. The van der Waals surface area contributed by atoms with Crippen molar-refractivity contribution < 1.29 is 9.53 Å². The third kappa shape index (κ3) is 11.2. The van der Waals surface area contributed by atoms with Crippen LogP contribution in [0.2, 0.25) is 5.15 Å². The summed E-state index contributed by atoms with van der Waals surface area (Å²) in [6.07, 6.45) is 5.54. The molecule has 7 nitrogen and oxygen atoms in total. The van der Waals surface area contributed by atoms with Gasteiger partial charge in [-0.2, -0.15) is 0 Å². The number of ether oxygens (including phenoxy) is 1. The molecule has 31 heavy (non-hydrogen) atoms. The molecule has 0 aromatic carbocycles. The lowest BCUT2D eigenvalue weighted by Crippen LogP contribution is -2.43. The van der Waals surface area contributed by atoms with Crippen LogP contribution in [0.5, 0.6) is 0 Å². The smallest absolute Gasteiger partial charge is 0.410 e. The lowest BCUT2D eigenvalue weighted by atomic mass is 9.95. The van der Waals surface area contributed by atoms with E-state index in [0.29, 0.717) is 11.1 Å². The minimum Gasteiger partial charge on any atom is -0.444 e. The number of aromatic nitrogens is 1. The van der Waals surface area contributed by atoms with Crippen LogP contribution in [0.25, 0.3) is 0 Å². The molecule has 0 radical (unpaired) electrons. The SMILES string of the molecule is CCNC(=NCCC1CCCN(C(=O)OC(C)(C)C)C1)NCCc1ccc(Cl)nc1.I. The maximum absolute atomic E-state index is 12.3. The van der Waals surface area contributed by atoms with E-state index in [1.54, 1.807) is 12.3 Å². The zero-order valence-electron chi connectivity index (χ0n) is 19.1. The van der Waals surface area contributed by atoms with Crippen molar-refractivity contribution in [3.63, 3.8) is 0 Å². The van der Waals surface area contributed by atoms with Crippen molar-refractivity contribution >= 4 is 47.6 Å². The van der Waals surface area contributed by atoms with Crippen LogP contribution in [0.4, 0.5) is 4.79 Å². The molecule has 1 aliphatic heterocycles. The second kappa shape index (κ2) is 14.0. The van der Waals surface area contributed by atoms with Gasteiger partial charge in [0.25, 0.3) is 0 Å². The topological polar surface area (TPSA) is 78.9 Å². The number of nitrogens with one attached hydrogen (secondary N) is 2. The number of carbonyl (C=O) groups excluding carboxylic acids is 1. The number of pyridine rings is 1. The number of piperidine rings is 1. The second-order valence-corrected chi connectivity index (χ2v) is 9.04. The molecule has 1 aromatic heterocycles. The highest BCUT2D eigenvalue weighted by Crippen LogP contribution is 2.21. The van der Waals surface area contributed by atoms with Crippen LogP contribution in [0.15, 0.2) is 23.3 Å². The quantitative estimate of drug-likeness (QED) is 0.221. The van der Waals surface area contributed by atoms with E-state index in [1.807, 2.05) is 31.7 Å². The molecule has 1 fully saturated rings. The normalized spacial score (nSPS) is 17.0. The maximum Gasteiger partial charge on any atom is 0.410 e. The van der Waals surface area contributed by atoms with Crippen molar-refractivity contribution in [2.24, 2.45) is 10.9 Å². The molecular weight excluding hydrogens is 529 g/mol. The summed E-state index contributed by atoms with van der Waals surface area (Å²) in [7, 11) is 0. The van der Waals surface area contributed by atoms with E-state index >= 15 is 0 Å². The average molecular weight is 566 g/mol. The Morgan fingerprint density at radius 3 is 2.77 bits per heavy atom. The highest BCUT2D eigenvalue weighted by Gasteiger charge is 2.27. The van der Waals surface area contributed by atoms with E-state index in [1.165, 1.54) is 0 Å². The Morgan fingerprint density at radius 1 is 1.35 bits per heavy atom. The first kappa shape index (κ1) is 27.7. The Balaban J connectivity index is 0.00000480. The number of nitrogens with zero attached hydrogens (tertiary/aromatic N) is 3. The van der Waals surface area contributed by atoms with Crippen LogP contribution in [-0.4, -0.2) is 60.3 Å². The van der Waals surface area contributed by atoms with Gasteiger partial charge in [0.05, 0.1) is 0 Å². The van der Waals surface area contributed by atoms with Gasteiger partial charge >= 0.3 is 6.09 Å². The number of rotatable bonds is 7. The third-order valence-corrected chi connectivity index (χ3v) is 5.04. The molecule has 1 atom stereocenters. The molecule has 1 saturated heterocycles. The first-order chi connectivity index (χ1) is 14.3. The summed E-state index contributed by atoms with van der Waals surface area (Å²) in [5.41, 5.74) is 0.676. The Morgan fingerprint density at radius 2 is 2.13 bits per heavy atom. The largest absolute Gasteiger partial charge is 0.444 e. The van der Waals surface area contributed by atoms with Gasteiger partial charge in [-0.05, 0) is 70.9 Å². The average Bonchev–Trinajstić information content (AvgIpc) is 2.68. The van der Waals surface area contributed by atoms with Crippen LogP contribution < -0.4 is 10.6 Å². The van der Waals surface area contributed by atoms with Gasteiger partial charge < -0.3 is 20.3 Å². The number of guanidine groups is 1. The summed E-state index contributed by atoms with van der Waals surface area (Å²) in [5.74, 6) is 1.28. The number of halogens is 2. The first-order valence-electron chi connectivity index (χ1n) is 10.9. The van der Waals surface area contributed by atoms with Crippen molar-refractivity contribution in [2.75, 3.05) is 32.7 Å². The molecule has 1 unspecified atom stereocenters. The number of aliphatic imine (C=N–C) groups is 1. The Bertz CT molecular complexity index is 694. The van der Waals surface area contributed by atoms with E-state index in [2.05, 4.69) is 22.5 Å². The maximum atomic E-state index is 12.3. The summed E-state index contributed by atoms with van der Waals surface area (Å²) in [5, 5.41) is 7.16. The zero-order chi connectivity index (χ0) is 22.0. The van der Waals surface area contributed by atoms with Gasteiger partial charge in [0, 0.05) is 38.9 Å². The van der Waals surface area contributed by atoms with E-state index in [4.69, 9.17) is 21.3 Å². The Labute approximate surface area is 208 Å². The number of likely N-dealkylation sites (tertiary alicyclic amines) is 1. The molecule has 2 heterocycles. The van der Waals surface area contributed by atoms with Crippen molar-refractivity contribution in [3.8, 4) is 0 Å². The fourth-order valence-electron chi connectivity index (χ4n) is 3.37. The Kier molecular flexibility index (Phi) is 12.5. The number of hydrogen-bond acceptors (Lipinski definition) is 4. The standard InChI is InChI=1S/C22H36ClN5O2.HI/c1-5-24-20(25-12-10-17-8-9-19(23)27-15-17)26-13-11-18-7-6-14-28(16-18)21(29)30-22(2,3)4;/h8-9,15,18H,5-7,10-14,16H2,1-4H3,(H2,24,25,26);1H. The van der Waals surface area contributed by atoms with Crippen molar-refractivity contribution in [1.29, 1.82) is 0 Å². The fraction of sp³-hybridized carbons (Fsp3) is 0.682. The van der Waals surface area contributed by atoms with E-state index < -0.39 is 5.60 Å². The minimum atomic E-state index is -0.456.